The Morgan fingerprint density at radius 1 is 0.923 bits per heavy atom. The van der Waals surface area contributed by atoms with Gasteiger partial charge < -0.3 is 20.0 Å². The van der Waals surface area contributed by atoms with E-state index in [0.717, 1.165) is 30.4 Å². The van der Waals surface area contributed by atoms with Gasteiger partial charge in [0.15, 0.2) is 0 Å². The number of amides is 2. The van der Waals surface area contributed by atoms with E-state index in [4.69, 9.17) is 4.74 Å². The van der Waals surface area contributed by atoms with Crippen molar-refractivity contribution in [1.29, 1.82) is 0 Å². The Labute approximate surface area is 227 Å². The van der Waals surface area contributed by atoms with Gasteiger partial charge in [0.1, 0.15) is 5.75 Å². The first-order valence-electron chi connectivity index (χ1n) is 12.4. The Morgan fingerprint density at radius 3 is 2.31 bits per heavy atom. The van der Waals surface area contributed by atoms with Crippen molar-refractivity contribution in [2.75, 3.05) is 13.7 Å². The maximum Gasteiger partial charge on any atom is 0.266 e. The lowest BCUT2D eigenvalue weighted by atomic mass is 10.0. The lowest BCUT2D eigenvalue weighted by Gasteiger charge is -2.12. The number of carboxylic acids is 1. The number of hydrogen-bond acceptors (Lipinski definition) is 8. The number of carbonyl (C=O) groups is 3. The molecule has 206 valence electrons. The van der Waals surface area contributed by atoms with Crippen LogP contribution >= 0.6 is 0 Å². The number of carbonyl (C=O) groups excluding carboxylic acids is 3. The molecule has 11 heteroatoms. The molecule has 0 aliphatic heterocycles. The lowest BCUT2D eigenvalue weighted by Crippen LogP contribution is -2.31. The predicted molar refractivity (Wildman–Crippen MR) is 142 cm³/mol. The van der Waals surface area contributed by atoms with Crippen molar-refractivity contribution >= 4 is 27.8 Å². The number of aryl methyl sites for hydroxylation is 1. The number of pyridine rings is 1. The zero-order valence-corrected chi connectivity index (χ0v) is 22.5. The van der Waals surface area contributed by atoms with Crippen molar-refractivity contribution in [2.24, 2.45) is 0 Å². The van der Waals surface area contributed by atoms with Crippen LogP contribution in [0.2, 0.25) is 0 Å². The van der Waals surface area contributed by atoms with Gasteiger partial charge in [-0.05, 0) is 66.8 Å². The fourth-order valence-corrected chi connectivity index (χ4v) is 4.90. The maximum absolute atomic E-state index is 12.8. The molecule has 2 amide bonds. The molecule has 0 saturated carbocycles. The molecule has 0 spiro atoms. The molecule has 2 aromatic carbocycles. The minimum atomic E-state index is -4.27. The maximum atomic E-state index is 12.8. The second-order valence-corrected chi connectivity index (χ2v) is 10.4. The summed E-state index contributed by atoms with van der Waals surface area (Å²) in [6.07, 6.45) is 4.36. The van der Waals surface area contributed by atoms with Gasteiger partial charge in [-0.1, -0.05) is 38.0 Å². The molecule has 39 heavy (non-hydrogen) atoms. The highest BCUT2D eigenvalue weighted by Crippen LogP contribution is 2.18. The molecule has 3 rings (SSSR count). The first kappa shape index (κ1) is 29.3. The molecule has 0 saturated heterocycles. The number of nitrogens with one attached hydrogen (secondary N) is 2. The van der Waals surface area contributed by atoms with Gasteiger partial charge in [-0.2, -0.15) is 0 Å². The number of para-hydroxylation sites is 1. The zero-order chi connectivity index (χ0) is 28.4. The number of methoxy groups -OCH3 is 1. The molecular formula is C28H30N3O7S-. The number of carboxylic acid groups (broad SMARTS) is 1. The number of rotatable bonds is 13. The minimum absolute atomic E-state index is 0.0962. The molecule has 2 N–H and O–H groups in total. The van der Waals surface area contributed by atoms with Gasteiger partial charge in [0.25, 0.3) is 21.8 Å². The van der Waals surface area contributed by atoms with Crippen LogP contribution in [0.4, 0.5) is 0 Å². The Hall–Kier alpha value is -4.25. The Balaban J connectivity index is 1.64. The summed E-state index contributed by atoms with van der Waals surface area (Å²) in [5.74, 6) is -2.08. The van der Waals surface area contributed by atoms with Crippen LogP contribution in [-0.4, -0.2) is 44.8 Å². The van der Waals surface area contributed by atoms with Crippen molar-refractivity contribution in [3.8, 4) is 5.75 Å². The Bertz CT molecular complexity index is 1440. The fraction of sp³-hybridized carbons (Fsp3) is 0.286. The smallest absolute Gasteiger partial charge is 0.266 e. The van der Waals surface area contributed by atoms with Crippen LogP contribution in [0.1, 0.15) is 68.5 Å². The van der Waals surface area contributed by atoms with Crippen LogP contribution in [0, 0.1) is 0 Å². The number of sulfonamides is 1. The molecule has 10 nitrogen and oxygen atoms in total. The number of aromatic carboxylic acids is 1. The number of ether oxygens (including phenoxy) is 1. The van der Waals surface area contributed by atoms with E-state index in [1.807, 2.05) is 35.9 Å². The van der Waals surface area contributed by atoms with Crippen LogP contribution in [0.25, 0.3) is 0 Å². The van der Waals surface area contributed by atoms with Crippen LogP contribution < -0.4 is 19.9 Å². The SMILES string of the molecule is CCCCCc1cc(C(=O)NS(=O)(=O)c2ccc(C(=O)NCCc3ccccc3OC)cc2)cnc1C(=O)[O-]. The van der Waals surface area contributed by atoms with E-state index in [-0.39, 0.29) is 27.6 Å². The normalized spacial score (nSPS) is 11.0. The third kappa shape index (κ3) is 7.87. The van der Waals surface area contributed by atoms with Crippen molar-refractivity contribution in [1.82, 2.24) is 15.0 Å². The van der Waals surface area contributed by atoms with Gasteiger partial charge in [-0.3, -0.25) is 14.6 Å². The van der Waals surface area contributed by atoms with E-state index >= 15 is 0 Å². The molecule has 1 heterocycles. The van der Waals surface area contributed by atoms with Crippen LogP contribution in [0.15, 0.2) is 65.7 Å². The average Bonchev–Trinajstić information content (AvgIpc) is 2.93. The quantitative estimate of drug-likeness (QED) is 0.306. The van der Waals surface area contributed by atoms with Gasteiger partial charge in [-0.15, -0.1) is 0 Å². The summed E-state index contributed by atoms with van der Waals surface area (Å²) < 4.78 is 32.8. The lowest BCUT2D eigenvalue weighted by molar-refractivity contribution is -0.255. The molecule has 0 atom stereocenters. The largest absolute Gasteiger partial charge is 0.543 e. The van der Waals surface area contributed by atoms with Crippen molar-refractivity contribution in [3.63, 3.8) is 0 Å². The van der Waals surface area contributed by atoms with E-state index in [2.05, 4.69) is 10.3 Å². The fourth-order valence-electron chi connectivity index (χ4n) is 3.92. The van der Waals surface area contributed by atoms with Crippen molar-refractivity contribution < 1.29 is 32.6 Å². The molecule has 1 aromatic heterocycles. The second kappa shape index (κ2) is 13.5. The van der Waals surface area contributed by atoms with Gasteiger partial charge in [0.2, 0.25) is 0 Å². The summed E-state index contributed by atoms with van der Waals surface area (Å²) in [7, 11) is -2.70. The van der Waals surface area contributed by atoms with Gasteiger partial charge in [0.05, 0.1) is 29.2 Å². The summed E-state index contributed by atoms with van der Waals surface area (Å²) in [5.41, 5.74) is 1.12. The predicted octanol–water partition coefficient (Wildman–Crippen LogP) is 2.28. The molecule has 0 bridgehead atoms. The monoisotopic (exact) mass is 552 g/mol. The summed E-state index contributed by atoms with van der Waals surface area (Å²) in [6, 6.07) is 13.9. The Kier molecular flexibility index (Phi) is 10.2. The van der Waals surface area contributed by atoms with Crippen molar-refractivity contribution in [2.45, 2.75) is 43.9 Å². The molecule has 0 aliphatic carbocycles. The highest BCUT2D eigenvalue weighted by molar-refractivity contribution is 7.90. The second-order valence-electron chi connectivity index (χ2n) is 8.75. The van der Waals surface area contributed by atoms with Crippen LogP contribution in [0.3, 0.4) is 0 Å². The number of hydrogen-bond donors (Lipinski definition) is 2. The van der Waals surface area contributed by atoms with Gasteiger partial charge in [-0.25, -0.2) is 13.1 Å². The van der Waals surface area contributed by atoms with E-state index < -0.39 is 21.9 Å². The molecular weight excluding hydrogens is 522 g/mol. The highest BCUT2D eigenvalue weighted by Gasteiger charge is 2.21. The first-order chi connectivity index (χ1) is 18.7. The number of nitrogens with zero attached hydrogens (tertiary/aromatic N) is 1. The average molecular weight is 553 g/mol. The standard InChI is InChI=1S/C28H31N3O7S/c1-3-4-5-9-21-17-22(18-30-25(21)28(34)35)27(33)31-39(36,37)23-13-11-20(12-14-23)26(32)29-16-15-19-8-6-7-10-24(19)38-2/h6-8,10-14,17-18H,3-5,9,15-16H2,1-2H3,(H,29,32)(H,31,33)(H,34,35)/p-1. The van der Waals surface area contributed by atoms with Crippen molar-refractivity contribution in [3.05, 3.63) is 88.7 Å². The summed E-state index contributed by atoms with van der Waals surface area (Å²) in [5, 5.41) is 14.2. The summed E-state index contributed by atoms with van der Waals surface area (Å²) in [4.78, 5) is 40.1. The summed E-state index contributed by atoms with van der Waals surface area (Å²) >= 11 is 0. The summed E-state index contributed by atoms with van der Waals surface area (Å²) in [6.45, 7) is 2.34. The molecule has 3 aromatic rings. The first-order valence-corrected chi connectivity index (χ1v) is 13.9. The minimum Gasteiger partial charge on any atom is -0.543 e. The third-order valence-corrected chi connectivity index (χ3v) is 7.35. The Morgan fingerprint density at radius 2 is 1.64 bits per heavy atom. The molecule has 0 fully saturated rings. The molecule has 0 aliphatic rings. The van der Waals surface area contributed by atoms with E-state index in [1.165, 1.54) is 30.3 Å². The van der Waals surface area contributed by atoms with Crippen LogP contribution in [0.5, 0.6) is 5.75 Å². The topological polar surface area (TPSA) is 155 Å². The van der Waals surface area contributed by atoms with Gasteiger partial charge >= 0.3 is 0 Å². The highest BCUT2D eigenvalue weighted by atomic mass is 32.2. The molecule has 0 unspecified atom stereocenters. The van der Waals surface area contributed by atoms with E-state index in [0.29, 0.717) is 31.4 Å². The zero-order valence-electron chi connectivity index (χ0n) is 21.7. The van der Waals surface area contributed by atoms with E-state index in [1.54, 1.807) is 7.11 Å². The third-order valence-electron chi connectivity index (χ3n) is 6.00. The molecule has 0 radical (unpaired) electrons. The van der Waals surface area contributed by atoms with Gasteiger partial charge in [0, 0.05) is 18.3 Å². The van der Waals surface area contributed by atoms with E-state index in [9.17, 15) is 27.9 Å². The van der Waals surface area contributed by atoms with Crippen LogP contribution in [-0.2, 0) is 22.9 Å². The number of unbranched alkanes of at least 4 members (excludes halogenated alkanes) is 2. The number of aromatic nitrogens is 1. The number of benzene rings is 2.